The van der Waals surface area contributed by atoms with Gasteiger partial charge in [-0.3, -0.25) is 9.36 Å². The number of carbonyl (C=O) groups excluding carboxylic acids is 1. The number of ether oxygens (including phenoxy) is 1. The normalized spacial score (nSPS) is 12.4. The first kappa shape index (κ1) is 39.8. The lowest BCUT2D eigenvalue weighted by atomic mass is 10.1. The number of nitrogens with one attached hydrogen (secondary N) is 1. The zero-order chi connectivity index (χ0) is 33.3. The van der Waals surface area contributed by atoms with Crippen LogP contribution in [-0.4, -0.2) is 27.9 Å². The fourth-order valence-corrected chi connectivity index (χ4v) is 6.45. The fourth-order valence-electron chi connectivity index (χ4n) is 5.66. The molecule has 3 N–H and O–H groups in total. The lowest BCUT2D eigenvalue weighted by Gasteiger charge is -2.20. The van der Waals surface area contributed by atoms with E-state index in [1.54, 1.807) is 0 Å². The number of amides is 1. The zero-order valence-electron chi connectivity index (χ0n) is 28.8. The van der Waals surface area contributed by atoms with Crippen molar-refractivity contribution in [2.75, 3.05) is 6.16 Å². The van der Waals surface area contributed by atoms with Crippen LogP contribution >= 0.6 is 7.60 Å². The van der Waals surface area contributed by atoms with Crippen molar-refractivity contribution < 1.29 is 23.9 Å². The summed E-state index contributed by atoms with van der Waals surface area (Å²) in [6, 6.07) is 15.5. The predicted molar refractivity (Wildman–Crippen MR) is 192 cm³/mol. The molecule has 7 heteroatoms. The van der Waals surface area contributed by atoms with Gasteiger partial charge in [-0.2, -0.15) is 0 Å². The number of hydrogen-bond acceptors (Lipinski definition) is 3. The molecule has 0 heterocycles. The highest BCUT2D eigenvalue weighted by Crippen LogP contribution is 2.35. The van der Waals surface area contributed by atoms with Crippen LogP contribution in [0.4, 0.5) is 0 Å². The van der Waals surface area contributed by atoms with E-state index in [9.17, 15) is 19.1 Å². The van der Waals surface area contributed by atoms with E-state index in [1.807, 2.05) is 24.3 Å². The van der Waals surface area contributed by atoms with Gasteiger partial charge < -0.3 is 19.8 Å². The first-order valence-electron chi connectivity index (χ1n) is 18.1. The molecule has 0 aliphatic heterocycles. The zero-order valence-corrected chi connectivity index (χ0v) is 29.7. The lowest BCUT2D eigenvalue weighted by molar-refractivity contribution is -0.121. The number of carbonyl (C=O) groups is 1. The molecule has 0 unspecified atom stereocenters. The number of unbranched alkanes of at least 4 members (excludes halogenated alkanes) is 13. The van der Waals surface area contributed by atoms with E-state index in [-0.39, 0.29) is 12.1 Å². The van der Waals surface area contributed by atoms with Gasteiger partial charge in [0.25, 0.3) is 0 Å². The van der Waals surface area contributed by atoms with E-state index in [1.165, 1.54) is 76.2 Å². The van der Waals surface area contributed by atoms with Gasteiger partial charge in [-0.25, -0.2) is 0 Å². The second kappa shape index (κ2) is 24.7. The Kier molecular flexibility index (Phi) is 21.4. The van der Waals surface area contributed by atoms with Crippen molar-refractivity contribution >= 4 is 13.5 Å². The number of rotatable bonds is 27. The van der Waals surface area contributed by atoms with Crippen LogP contribution in [0.3, 0.4) is 0 Å². The Hall–Kier alpha value is -2.40. The Morgan fingerprint density at radius 2 is 1.24 bits per heavy atom. The fraction of sp³-hybridized carbons (Fsp3) is 0.615. The summed E-state index contributed by atoms with van der Waals surface area (Å²) in [6.07, 6.45) is 25.4. The summed E-state index contributed by atoms with van der Waals surface area (Å²) >= 11 is 0. The molecule has 0 aliphatic carbocycles. The summed E-state index contributed by atoms with van der Waals surface area (Å²) in [7, 11) is -4.29. The van der Waals surface area contributed by atoms with Crippen molar-refractivity contribution in [3.05, 3.63) is 77.4 Å². The van der Waals surface area contributed by atoms with Gasteiger partial charge in [0.05, 0.1) is 6.16 Å². The third-order valence-corrected chi connectivity index (χ3v) is 9.31. The van der Waals surface area contributed by atoms with Crippen LogP contribution in [0.1, 0.15) is 140 Å². The maximum Gasteiger partial charge on any atom is 0.327 e. The molecule has 2 rings (SSSR count). The molecule has 6 nitrogen and oxygen atoms in total. The second-order valence-corrected chi connectivity index (χ2v) is 14.6. The smallest absolute Gasteiger partial charge is 0.327 e. The minimum atomic E-state index is -4.29. The number of aryl methyl sites for hydroxylation is 1. The third kappa shape index (κ3) is 20.7. The minimum Gasteiger partial charge on any atom is -0.489 e. The maximum atomic E-state index is 12.6. The summed E-state index contributed by atoms with van der Waals surface area (Å²) < 4.78 is 17.8. The highest BCUT2D eigenvalue weighted by Gasteiger charge is 2.23. The van der Waals surface area contributed by atoms with Crippen molar-refractivity contribution in [3.63, 3.8) is 0 Å². The maximum absolute atomic E-state index is 12.6. The number of allylic oxidation sites excluding steroid dienone is 2. The summed E-state index contributed by atoms with van der Waals surface area (Å²) in [5.74, 6) is 0.586. The molecular formula is C39H62NO5P. The standard InChI is InChI=1S/C39H62NO5P/c1-3-5-7-8-9-10-11-12-13-14-15-16-17-18-20-22-39(41)40-37(33-46(42,43)44)31-35-27-29-38(30-28-35)45-32-36-25-23-34(24-26-36)21-19-6-4-2/h12-13,23-30,37H,3-11,14-22,31-33H2,1-2H3,(H,40,41)(H2,42,43,44)/t37-/m0/s1. The van der Waals surface area contributed by atoms with Crippen molar-refractivity contribution in [1.29, 1.82) is 0 Å². The highest BCUT2D eigenvalue weighted by molar-refractivity contribution is 7.51. The van der Waals surface area contributed by atoms with Crippen molar-refractivity contribution in [2.24, 2.45) is 0 Å². The summed E-state index contributed by atoms with van der Waals surface area (Å²) in [4.78, 5) is 31.9. The van der Waals surface area contributed by atoms with Crippen LogP contribution in [0.15, 0.2) is 60.7 Å². The van der Waals surface area contributed by atoms with Crippen LogP contribution in [0.5, 0.6) is 5.75 Å². The van der Waals surface area contributed by atoms with Crippen molar-refractivity contribution in [3.8, 4) is 5.75 Å². The van der Waals surface area contributed by atoms with E-state index in [0.717, 1.165) is 55.4 Å². The average molecular weight is 656 g/mol. The van der Waals surface area contributed by atoms with Crippen LogP contribution in [-0.2, 0) is 28.8 Å². The minimum absolute atomic E-state index is 0.146. The Balaban J connectivity index is 1.65. The van der Waals surface area contributed by atoms with E-state index in [2.05, 4.69) is 55.6 Å². The summed E-state index contributed by atoms with van der Waals surface area (Å²) in [5.41, 5.74) is 3.36. The van der Waals surface area contributed by atoms with E-state index in [0.29, 0.717) is 19.4 Å². The molecule has 0 saturated carbocycles. The van der Waals surface area contributed by atoms with Gasteiger partial charge >= 0.3 is 7.60 Å². The van der Waals surface area contributed by atoms with Gasteiger partial charge in [-0.15, -0.1) is 0 Å². The topological polar surface area (TPSA) is 95.9 Å². The first-order chi connectivity index (χ1) is 22.3. The molecule has 2 aromatic rings. The van der Waals surface area contributed by atoms with Gasteiger partial charge in [0.1, 0.15) is 12.4 Å². The van der Waals surface area contributed by atoms with Gasteiger partial charge in [-0.1, -0.05) is 127 Å². The van der Waals surface area contributed by atoms with Gasteiger partial charge in [0.2, 0.25) is 5.91 Å². The van der Waals surface area contributed by atoms with Crippen LogP contribution in [0.25, 0.3) is 0 Å². The van der Waals surface area contributed by atoms with Crippen molar-refractivity contribution in [2.45, 2.75) is 148 Å². The van der Waals surface area contributed by atoms with Crippen LogP contribution in [0, 0.1) is 0 Å². The SMILES string of the molecule is CCCCCCCCC=CCCCCCCCC(=O)N[C@@H](Cc1ccc(OCc2ccc(CCCCC)cc2)cc1)CP(=O)(O)O. The number of benzene rings is 2. The molecule has 0 bridgehead atoms. The average Bonchev–Trinajstić information content (AvgIpc) is 3.02. The quantitative estimate of drug-likeness (QED) is 0.0506. The molecule has 2 aromatic carbocycles. The molecule has 0 aliphatic rings. The van der Waals surface area contributed by atoms with E-state index in [4.69, 9.17) is 4.74 Å². The molecule has 0 aromatic heterocycles. The summed E-state index contributed by atoms with van der Waals surface area (Å²) in [5, 5.41) is 2.88. The molecule has 0 radical (unpaired) electrons. The third-order valence-electron chi connectivity index (χ3n) is 8.39. The molecule has 258 valence electrons. The molecule has 1 amide bonds. The first-order valence-corrected chi connectivity index (χ1v) is 19.9. The van der Waals surface area contributed by atoms with Gasteiger partial charge in [-0.05, 0) is 80.2 Å². The van der Waals surface area contributed by atoms with Crippen molar-refractivity contribution in [1.82, 2.24) is 5.32 Å². The highest BCUT2D eigenvalue weighted by atomic mass is 31.2. The Morgan fingerprint density at radius 3 is 1.85 bits per heavy atom. The molecule has 1 atom stereocenters. The van der Waals surface area contributed by atoms with E-state index >= 15 is 0 Å². The second-order valence-electron chi connectivity index (χ2n) is 12.9. The number of hydrogen-bond donors (Lipinski definition) is 3. The van der Waals surface area contributed by atoms with Crippen LogP contribution in [0.2, 0.25) is 0 Å². The monoisotopic (exact) mass is 655 g/mol. The molecule has 0 spiro atoms. The Labute approximate surface area is 280 Å². The largest absolute Gasteiger partial charge is 0.489 e. The van der Waals surface area contributed by atoms with E-state index < -0.39 is 13.6 Å². The Morgan fingerprint density at radius 1 is 0.717 bits per heavy atom. The lowest BCUT2D eigenvalue weighted by Crippen LogP contribution is -2.39. The molecule has 0 saturated heterocycles. The predicted octanol–water partition coefficient (Wildman–Crippen LogP) is 10.2. The van der Waals surface area contributed by atoms with Crippen LogP contribution < -0.4 is 10.1 Å². The van der Waals surface area contributed by atoms with Gasteiger partial charge in [0.15, 0.2) is 0 Å². The Bertz CT molecular complexity index is 1130. The van der Waals surface area contributed by atoms with Gasteiger partial charge in [0, 0.05) is 12.5 Å². The molecule has 46 heavy (non-hydrogen) atoms. The molecule has 0 fully saturated rings. The molecular weight excluding hydrogens is 593 g/mol. The summed E-state index contributed by atoms with van der Waals surface area (Å²) in [6.45, 7) is 4.94.